The van der Waals surface area contributed by atoms with Crippen molar-refractivity contribution in [3.8, 4) is 0 Å². The normalized spacial score (nSPS) is 14.5. The van der Waals surface area contributed by atoms with E-state index >= 15 is 0 Å². The Morgan fingerprint density at radius 3 is 2.67 bits per heavy atom. The zero-order valence-corrected chi connectivity index (χ0v) is 14.8. The van der Waals surface area contributed by atoms with Crippen LogP contribution in [0, 0.1) is 5.82 Å². The van der Waals surface area contributed by atoms with E-state index in [1.54, 1.807) is 16.7 Å². The predicted octanol–water partition coefficient (Wildman–Crippen LogP) is -0.154. The molecule has 1 aliphatic heterocycles. The molecule has 0 radical (unpaired) electrons. The first-order valence-corrected chi connectivity index (χ1v) is 8.58. The number of ether oxygens (including phenoxy) is 1. The molecule has 10 heteroatoms. The van der Waals surface area contributed by atoms with E-state index in [2.05, 4.69) is 9.97 Å². The van der Waals surface area contributed by atoms with Crippen molar-refractivity contribution in [3.05, 3.63) is 33.9 Å². The predicted molar refractivity (Wildman–Crippen MR) is 96.1 cm³/mol. The van der Waals surface area contributed by atoms with E-state index in [4.69, 9.17) is 10.5 Å². The molecule has 3 heterocycles. The van der Waals surface area contributed by atoms with Gasteiger partial charge in [0.25, 0.3) is 0 Å². The molecular formula is C17H20FN5O4. The van der Waals surface area contributed by atoms with E-state index in [-0.39, 0.29) is 41.5 Å². The van der Waals surface area contributed by atoms with Gasteiger partial charge in [-0.3, -0.25) is 9.59 Å². The molecule has 0 spiro atoms. The monoisotopic (exact) mass is 377 g/mol. The molecule has 3 N–H and O–H groups in total. The molecule has 0 atom stereocenters. The number of fused-ring (bicyclic) bond motifs is 1. The van der Waals surface area contributed by atoms with Gasteiger partial charge in [-0.25, -0.2) is 14.2 Å². The standard InChI is InChI=1S/C17H20FN5O4/c1-2-27-17(26)11-9-20-15-10(14(11)25)7-12(18)16(21-15)23-5-3-22(4-6-23)13(24)8-19/h7,9H,2-6,8,19H2,1H3,(H,20,21,25). The second-order valence-corrected chi connectivity index (χ2v) is 6.01. The Kier molecular flexibility index (Phi) is 5.36. The maximum absolute atomic E-state index is 14.6. The fourth-order valence-corrected chi connectivity index (χ4v) is 2.99. The minimum atomic E-state index is -0.772. The summed E-state index contributed by atoms with van der Waals surface area (Å²) >= 11 is 0. The van der Waals surface area contributed by atoms with E-state index in [0.29, 0.717) is 26.2 Å². The van der Waals surface area contributed by atoms with Crippen molar-refractivity contribution in [2.75, 3.05) is 44.2 Å². The number of aromatic amines is 1. The van der Waals surface area contributed by atoms with Crippen molar-refractivity contribution < 1.29 is 18.7 Å². The van der Waals surface area contributed by atoms with E-state index in [1.165, 1.54) is 6.20 Å². The van der Waals surface area contributed by atoms with Crippen LogP contribution in [0.2, 0.25) is 0 Å². The highest BCUT2D eigenvalue weighted by molar-refractivity contribution is 5.93. The number of H-pyrrole nitrogens is 1. The van der Waals surface area contributed by atoms with Crippen molar-refractivity contribution in [3.63, 3.8) is 0 Å². The number of nitrogens with one attached hydrogen (secondary N) is 1. The Morgan fingerprint density at radius 2 is 2.04 bits per heavy atom. The molecule has 0 unspecified atom stereocenters. The number of nitrogens with two attached hydrogens (primary N) is 1. The fraction of sp³-hybridized carbons (Fsp3) is 0.412. The number of hydrogen-bond donors (Lipinski definition) is 2. The SMILES string of the molecule is CCOC(=O)c1c[nH]c2nc(N3CCN(C(=O)CN)CC3)c(F)cc2c1=O. The van der Waals surface area contributed by atoms with Crippen LogP contribution >= 0.6 is 0 Å². The van der Waals surface area contributed by atoms with Gasteiger partial charge in [-0.1, -0.05) is 0 Å². The molecule has 1 fully saturated rings. The number of aromatic nitrogens is 2. The maximum atomic E-state index is 14.6. The van der Waals surface area contributed by atoms with Crippen molar-refractivity contribution >= 4 is 28.7 Å². The number of amides is 1. The third-order valence-corrected chi connectivity index (χ3v) is 4.40. The van der Waals surface area contributed by atoms with Crippen LogP contribution in [0.5, 0.6) is 0 Å². The first-order chi connectivity index (χ1) is 13.0. The van der Waals surface area contributed by atoms with Gasteiger partial charge in [0, 0.05) is 32.4 Å². The summed E-state index contributed by atoms with van der Waals surface area (Å²) in [6, 6.07) is 1.07. The number of halogens is 1. The number of carbonyl (C=O) groups is 2. The summed E-state index contributed by atoms with van der Waals surface area (Å²) in [5.74, 6) is -1.52. The summed E-state index contributed by atoms with van der Waals surface area (Å²) in [4.78, 5) is 46.2. The zero-order chi connectivity index (χ0) is 19.6. The average Bonchev–Trinajstić information content (AvgIpc) is 2.68. The van der Waals surface area contributed by atoms with Gasteiger partial charge in [-0.15, -0.1) is 0 Å². The Hall–Kier alpha value is -3.01. The molecular weight excluding hydrogens is 357 g/mol. The van der Waals surface area contributed by atoms with Crippen LogP contribution in [0.3, 0.4) is 0 Å². The molecule has 27 heavy (non-hydrogen) atoms. The van der Waals surface area contributed by atoms with Crippen LogP contribution in [-0.4, -0.2) is 66.1 Å². The van der Waals surface area contributed by atoms with E-state index in [9.17, 15) is 18.8 Å². The summed E-state index contributed by atoms with van der Waals surface area (Å²) in [6.07, 6.45) is 1.22. The minimum absolute atomic E-state index is 0.0289. The lowest BCUT2D eigenvalue weighted by Crippen LogP contribution is -2.50. The Labute approximate surface area is 153 Å². The molecule has 1 amide bonds. The second-order valence-electron chi connectivity index (χ2n) is 6.01. The van der Waals surface area contributed by atoms with Crippen LogP contribution in [-0.2, 0) is 9.53 Å². The van der Waals surface area contributed by atoms with Gasteiger partial charge >= 0.3 is 5.97 Å². The highest BCUT2D eigenvalue weighted by atomic mass is 19.1. The number of nitrogens with zero attached hydrogens (tertiary/aromatic N) is 3. The van der Waals surface area contributed by atoms with Crippen LogP contribution < -0.4 is 16.1 Å². The van der Waals surface area contributed by atoms with E-state index < -0.39 is 17.2 Å². The smallest absolute Gasteiger partial charge is 0.343 e. The molecule has 1 aliphatic rings. The Morgan fingerprint density at radius 1 is 1.33 bits per heavy atom. The number of anilines is 1. The zero-order valence-electron chi connectivity index (χ0n) is 14.8. The lowest BCUT2D eigenvalue weighted by atomic mass is 10.2. The van der Waals surface area contributed by atoms with Gasteiger partial charge in [0.1, 0.15) is 11.2 Å². The highest BCUT2D eigenvalue weighted by Gasteiger charge is 2.24. The maximum Gasteiger partial charge on any atom is 0.343 e. The van der Waals surface area contributed by atoms with Crippen LogP contribution in [0.25, 0.3) is 11.0 Å². The number of piperazine rings is 1. The molecule has 0 aliphatic carbocycles. The molecule has 0 aromatic carbocycles. The summed E-state index contributed by atoms with van der Waals surface area (Å²) in [5.41, 5.74) is 4.69. The summed E-state index contributed by atoms with van der Waals surface area (Å²) in [5, 5.41) is -0.0289. The van der Waals surface area contributed by atoms with Gasteiger partial charge < -0.3 is 25.3 Å². The van der Waals surface area contributed by atoms with E-state index in [1.807, 2.05) is 0 Å². The van der Waals surface area contributed by atoms with Crippen molar-refractivity contribution in [1.29, 1.82) is 0 Å². The van der Waals surface area contributed by atoms with Gasteiger partial charge in [-0.2, -0.15) is 0 Å². The number of esters is 1. The van der Waals surface area contributed by atoms with Crippen LogP contribution in [0.15, 0.2) is 17.1 Å². The Bertz CT molecular complexity index is 937. The van der Waals surface area contributed by atoms with Crippen molar-refractivity contribution in [1.82, 2.24) is 14.9 Å². The highest BCUT2D eigenvalue weighted by Crippen LogP contribution is 2.21. The van der Waals surface area contributed by atoms with Gasteiger partial charge in [0.2, 0.25) is 11.3 Å². The lowest BCUT2D eigenvalue weighted by molar-refractivity contribution is -0.129. The van der Waals surface area contributed by atoms with Crippen molar-refractivity contribution in [2.24, 2.45) is 5.73 Å². The molecule has 3 rings (SSSR count). The number of rotatable bonds is 4. The van der Waals surface area contributed by atoms with Gasteiger partial charge in [0.05, 0.1) is 18.5 Å². The first-order valence-electron chi connectivity index (χ1n) is 8.58. The number of pyridine rings is 2. The number of carbonyl (C=O) groups excluding carboxylic acids is 2. The quantitative estimate of drug-likeness (QED) is 0.711. The summed E-state index contributed by atoms with van der Waals surface area (Å²) in [7, 11) is 0. The summed E-state index contributed by atoms with van der Waals surface area (Å²) < 4.78 is 19.4. The average molecular weight is 377 g/mol. The van der Waals surface area contributed by atoms with Crippen LogP contribution in [0.1, 0.15) is 17.3 Å². The second kappa shape index (κ2) is 7.70. The first kappa shape index (κ1) is 18.8. The van der Waals surface area contributed by atoms with Gasteiger partial charge in [-0.05, 0) is 13.0 Å². The largest absolute Gasteiger partial charge is 0.462 e. The molecule has 9 nitrogen and oxygen atoms in total. The van der Waals surface area contributed by atoms with Crippen molar-refractivity contribution in [2.45, 2.75) is 6.92 Å². The molecule has 144 valence electrons. The number of hydrogen-bond acceptors (Lipinski definition) is 7. The minimum Gasteiger partial charge on any atom is -0.462 e. The molecule has 1 saturated heterocycles. The van der Waals surface area contributed by atoms with Gasteiger partial charge in [0.15, 0.2) is 11.6 Å². The lowest BCUT2D eigenvalue weighted by Gasteiger charge is -2.35. The topological polar surface area (TPSA) is 122 Å². The van der Waals surface area contributed by atoms with E-state index in [0.717, 1.165) is 6.07 Å². The third-order valence-electron chi connectivity index (χ3n) is 4.40. The molecule has 2 aromatic heterocycles. The molecule has 2 aromatic rings. The third kappa shape index (κ3) is 3.61. The van der Waals surface area contributed by atoms with Crippen LogP contribution in [0.4, 0.5) is 10.2 Å². The molecule has 0 saturated carbocycles. The Balaban J connectivity index is 1.90. The molecule has 0 bridgehead atoms. The fourth-order valence-electron chi connectivity index (χ4n) is 2.99. The summed E-state index contributed by atoms with van der Waals surface area (Å²) in [6.45, 7) is 3.30.